The molecule has 4 nitrogen and oxygen atoms in total. The van der Waals surface area contributed by atoms with Gasteiger partial charge in [0, 0.05) is 12.8 Å². The second-order valence-corrected chi connectivity index (χ2v) is 3.12. The Bertz CT molecular complexity index is 160. The molecule has 1 saturated heterocycles. The first-order valence-corrected chi connectivity index (χ1v) is 4.43. The zero-order chi connectivity index (χ0) is 9.68. The van der Waals surface area contributed by atoms with E-state index in [1.807, 2.05) is 0 Å². The van der Waals surface area contributed by atoms with Crippen LogP contribution >= 0.6 is 0 Å². The van der Waals surface area contributed by atoms with Crippen molar-refractivity contribution in [2.24, 2.45) is 0 Å². The Kier molecular flexibility index (Phi) is 4.38. The molecule has 0 aliphatic carbocycles. The van der Waals surface area contributed by atoms with Crippen molar-refractivity contribution in [1.29, 1.82) is 0 Å². The maximum atomic E-state index is 9.38. The van der Waals surface area contributed by atoms with E-state index >= 15 is 0 Å². The first-order valence-electron chi connectivity index (χ1n) is 4.43. The zero-order valence-corrected chi connectivity index (χ0v) is 7.56. The van der Waals surface area contributed by atoms with Crippen LogP contribution in [0.25, 0.3) is 0 Å². The van der Waals surface area contributed by atoms with Crippen LogP contribution in [0.4, 0.5) is 0 Å². The highest BCUT2D eigenvalue weighted by Gasteiger charge is 2.27. The molecular formula is C9H16O4. The molecule has 1 rings (SSSR count). The fraction of sp³-hybridized carbons (Fsp3) is 0.778. The number of hydrogen-bond donors (Lipinski definition) is 2. The lowest BCUT2D eigenvalue weighted by atomic mass is 10.1. The molecule has 0 saturated carbocycles. The molecule has 13 heavy (non-hydrogen) atoms. The van der Waals surface area contributed by atoms with Gasteiger partial charge in [0.1, 0.15) is 0 Å². The van der Waals surface area contributed by atoms with Gasteiger partial charge in [-0.1, -0.05) is 6.08 Å². The van der Waals surface area contributed by atoms with Crippen molar-refractivity contribution in [2.45, 2.75) is 31.3 Å². The van der Waals surface area contributed by atoms with E-state index in [0.717, 1.165) is 0 Å². The van der Waals surface area contributed by atoms with Gasteiger partial charge in [-0.25, -0.2) is 0 Å². The minimum Gasteiger partial charge on any atom is -0.394 e. The quantitative estimate of drug-likeness (QED) is 0.612. The molecule has 0 bridgehead atoms. The normalized spacial score (nSPS) is 34.5. The summed E-state index contributed by atoms with van der Waals surface area (Å²) in [6.07, 6.45) is 1.39. The average Bonchev–Trinajstić information content (AvgIpc) is 2.14. The lowest BCUT2D eigenvalue weighted by Crippen LogP contribution is -2.38. The average molecular weight is 188 g/mol. The molecule has 1 aliphatic rings. The Morgan fingerprint density at radius 2 is 2.31 bits per heavy atom. The van der Waals surface area contributed by atoms with Crippen molar-refractivity contribution < 1.29 is 19.7 Å². The Morgan fingerprint density at radius 3 is 2.92 bits per heavy atom. The Labute approximate surface area is 77.8 Å². The number of hydrogen-bond acceptors (Lipinski definition) is 4. The minimum absolute atomic E-state index is 0.0784. The Morgan fingerprint density at radius 1 is 1.54 bits per heavy atom. The van der Waals surface area contributed by atoms with Crippen LogP contribution in [0.1, 0.15) is 12.8 Å². The molecular weight excluding hydrogens is 172 g/mol. The highest BCUT2D eigenvalue weighted by atomic mass is 16.7. The topological polar surface area (TPSA) is 58.9 Å². The van der Waals surface area contributed by atoms with Crippen molar-refractivity contribution in [3.8, 4) is 0 Å². The van der Waals surface area contributed by atoms with Gasteiger partial charge in [0.15, 0.2) is 6.29 Å². The molecule has 1 fully saturated rings. The molecule has 0 aromatic rings. The van der Waals surface area contributed by atoms with Crippen LogP contribution in [-0.4, -0.2) is 41.9 Å². The second-order valence-electron chi connectivity index (χ2n) is 3.12. The van der Waals surface area contributed by atoms with Gasteiger partial charge in [-0.2, -0.15) is 0 Å². The van der Waals surface area contributed by atoms with Gasteiger partial charge in [0.25, 0.3) is 0 Å². The van der Waals surface area contributed by atoms with E-state index in [2.05, 4.69) is 6.58 Å². The lowest BCUT2D eigenvalue weighted by Gasteiger charge is -2.31. The summed E-state index contributed by atoms with van der Waals surface area (Å²) in [7, 11) is 0. The second kappa shape index (κ2) is 5.34. The van der Waals surface area contributed by atoms with Crippen molar-refractivity contribution in [3.63, 3.8) is 0 Å². The molecule has 76 valence electrons. The molecule has 4 heteroatoms. The molecule has 0 amide bonds. The maximum Gasteiger partial charge on any atom is 0.160 e. The summed E-state index contributed by atoms with van der Waals surface area (Å²) in [6.45, 7) is 3.83. The third-order valence-electron chi connectivity index (χ3n) is 1.95. The smallest absolute Gasteiger partial charge is 0.160 e. The van der Waals surface area contributed by atoms with Gasteiger partial charge in [0.2, 0.25) is 0 Å². The first kappa shape index (κ1) is 10.7. The third kappa shape index (κ3) is 3.44. The minimum atomic E-state index is -0.444. The van der Waals surface area contributed by atoms with Gasteiger partial charge in [0.05, 0.1) is 25.4 Å². The molecule has 0 radical (unpaired) electrons. The molecule has 0 aromatic carbocycles. The Hall–Kier alpha value is -0.420. The molecule has 0 aromatic heterocycles. The zero-order valence-electron chi connectivity index (χ0n) is 7.56. The van der Waals surface area contributed by atoms with E-state index in [1.165, 1.54) is 0 Å². The van der Waals surface area contributed by atoms with Crippen molar-refractivity contribution in [2.75, 3.05) is 13.2 Å². The summed E-state index contributed by atoms with van der Waals surface area (Å²) in [6, 6.07) is 0. The van der Waals surface area contributed by atoms with Crippen LogP contribution in [0.5, 0.6) is 0 Å². The number of aliphatic hydroxyl groups is 2. The van der Waals surface area contributed by atoms with Gasteiger partial charge in [-0.05, 0) is 0 Å². The highest BCUT2D eigenvalue weighted by molar-refractivity contribution is 4.73. The largest absolute Gasteiger partial charge is 0.394 e. The number of ether oxygens (including phenoxy) is 2. The molecule has 1 unspecified atom stereocenters. The maximum absolute atomic E-state index is 9.38. The predicted molar refractivity (Wildman–Crippen MR) is 47.1 cm³/mol. The molecule has 3 atom stereocenters. The number of aliphatic hydroxyl groups excluding tert-OH is 2. The fourth-order valence-corrected chi connectivity index (χ4v) is 1.35. The van der Waals surface area contributed by atoms with Gasteiger partial charge in [-0.15, -0.1) is 6.58 Å². The summed E-state index contributed by atoms with van der Waals surface area (Å²) >= 11 is 0. The molecule has 1 aliphatic heterocycles. The van der Waals surface area contributed by atoms with E-state index in [-0.39, 0.29) is 12.7 Å². The van der Waals surface area contributed by atoms with Gasteiger partial charge >= 0.3 is 0 Å². The summed E-state index contributed by atoms with van der Waals surface area (Å²) in [5.74, 6) is 0. The summed E-state index contributed by atoms with van der Waals surface area (Å²) < 4.78 is 10.6. The van der Waals surface area contributed by atoms with Crippen LogP contribution in [0.3, 0.4) is 0 Å². The van der Waals surface area contributed by atoms with E-state index in [1.54, 1.807) is 6.08 Å². The van der Waals surface area contributed by atoms with E-state index in [9.17, 15) is 5.11 Å². The molecule has 0 spiro atoms. The number of rotatable bonds is 4. The van der Waals surface area contributed by atoms with Crippen molar-refractivity contribution in [1.82, 2.24) is 0 Å². The van der Waals surface area contributed by atoms with Gasteiger partial charge in [-0.3, -0.25) is 0 Å². The van der Waals surface area contributed by atoms with E-state index in [4.69, 9.17) is 14.6 Å². The Balaban J connectivity index is 2.33. The summed E-state index contributed by atoms with van der Waals surface area (Å²) in [5.41, 5.74) is 0. The molecule has 2 N–H and O–H groups in total. The third-order valence-corrected chi connectivity index (χ3v) is 1.95. The predicted octanol–water partition coefficient (Wildman–Crippen LogP) is 0.0473. The van der Waals surface area contributed by atoms with Crippen LogP contribution in [0, 0.1) is 0 Å². The lowest BCUT2D eigenvalue weighted by molar-refractivity contribution is -0.217. The van der Waals surface area contributed by atoms with E-state index in [0.29, 0.717) is 19.4 Å². The fourth-order valence-electron chi connectivity index (χ4n) is 1.35. The first-order chi connectivity index (χ1) is 6.26. The summed E-state index contributed by atoms with van der Waals surface area (Å²) in [5, 5.41) is 18.2. The SMILES string of the molecule is C=CCO[C@H]1CC(O)C[C@@H](CO)O1. The standard InChI is InChI=1S/C9H16O4/c1-2-3-12-9-5-7(11)4-8(6-10)13-9/h2,7-11H,1,3-6H2/t7?,8-,9+/m0/s1. The monoisotopic (exact) mass is 188 g/mol. The molecule has 1 heterocycles. The van der Waals surface area contributed by atoms with Crippen molar-refractivity contribution >= 4 is 0 Å². The highest BCUT2D eigenvalue weighted by Crippen LogP contribution is 2.20. The van der Waals surface area contributed by atoms with Crippen LogP contribution in [-0.2, 0) is 9.47 Å². The van der Waals surface area contributed by atoms with Crippen LogP contribution < -0.4 is 0 Å². The van der Waals surface area contributed by atoms with Crippen LogP contribution in [0.15, 0.2) is 12.7 Å². The van der Waals surface area contributed by atoms with E-state index < -0.39 is 12.4 Å². The van der Waals surface area contributed by atoms with Crippen molar-refractivity contribution in [3.05, 3.63) is 12.7 Å². The van der Waals surface area contributed by atoms with Crippen LogP contribution in [0.2, 0.25) is 0 Å². The summed E-state index contributed by atoms with van der Waals surface area (Å²) in [4.78, 5) is 0. The van der Waals surface area contributed by atoms with Gasteiger partial charge < -0.3 is 19.7 Å².